The number of carbonyl (C=O) groups is 2. The van der Waals surface area contributed by atoms with E-state index in [4.69, 9.17) is 0 Å². The van der Waals surface area contributed by atoms with Crippen molar-refractivity contribution >= 4 is 24.5 Å². The minimum Gasteiger partial charge on any atom is -0.426 e. The van der Waals surface area contributed by atoms with E-state index in [1.54, 1.807) is 12.1 Å². The molecule has 1 fully saturated rings. The molecule has 8 heteroatoms. The molecule has 2 aromatic carbocycles. The smallest absolute Gasteiger partial charge is 0.426 e. The maximum absolute atomic E-state index is 13.3. The summed E-state index contributed by atoms with van der Waals surface area (Å²) in [5.41, 5.74) is 1.71. The molecule has 2 aromatic rings. The third-order valence-corrected chi connectivity index (χ3v) is 6.11. The standard InChI is InChI=1S/C25H32BFN2O4/c1-17(2)14-24(26(32)33)28-25(31)19(15-18-6-4-3-5-7-18)16-23(30)22-12-13-29(22)21-10-8-20(27)9-11-21/h3-11,17,19,22,24,32-33H,12-16H2,1-2H3,(H,28,31)/t19-,22+,24?/m1/s1. The molecular weight excluding hydrogens is 422 g/mol. The lowest BCUT2D eigenvalue weighted by molar-refractivity contribution is -0.130. The molecule has 0 radical (unpaired) electrons. The number of anilines is 1. The zero-order chi connectivity index (χ0) is 24.0. The summed E-state index contributed by atoms with van der Waals surface area (Å²) in [7, 11) is -1.68. The summed E-state index contributed by atoms with van der Waals surface area (Å²) in [6, 6.07) is 15.2. The Balaban J connectivity index is 1.72. The number of Topliss-reactive ketones (excluding diaryl/α,β-unsaturated/α-hetero) is 1. The predicted octanol–water partition coefficient (Wildman–Crippen LogP) is 2.77. The maximum Gasteiger partial charge on any atom is 0.475 e. The van der Waals surface area contributed by atoms with Crippen LogP contribution in [0.2, 0.25) is 0 Å². The highest BCUT2D eigenvalue weighted by Crippen LogP contribution is 2.29. The van der Waals surface area contributed by atoms with Gasteiger partial charge in [0.05, 0.1) is 12.0 Å². The normalized spacial score (nSPS) is 17.3. The third kappa shape index (κ3) is 6.89. The Kier molecular flexibility index (Phi) is 8.64. The molecule has 176 valence electrons. The van der Waals surface area contributed by atoms with E-state index in [1.165, 1.54) is 12.1 Å². The topological polar surface area (TPSA) is 89.9 Å². The van der Waals surface area contributed by atoms with Crippen LogP contribution >= 0.6 is 0 Å². The number of amides is 1. The van der Waals surface area contributed by atoms with Gasteiger partial charge >= 0.3 is 7.12 Å². The van der Waals surface area contributed by atoms with Gasteiger partial charge in [-0.25, -0.2) is 4.39 Å². The van der Waals surface area contributed by atoms with E-state index in [-0.39, 0.29) is 35.9 Å². The second kappa shape index (κ2) is 11.4. The Morgan fingerprint density at radius 3 is 2.33 bits per heavy atom. The van der Waals surface area contributed by atoms with Gasteiger partial charge in [-0.05, 0) is 55.0 Å². The number of hydrogen-bond donors (Lipinski definition) is 3. The molecule has 33 heavy (non-hydrogen) atoms. The van der Waals surface area contributed by atoms with Crippen LogP contribution < -0.4 is 10.2 Å². The number of hydrogen-bond acceptors (Lipinski definition) is 5. The zero-order valence-corrected chi connectivity index (χ0v) is 19.2. The number of nitrogens with one attached hydrogen (secondary N) is 1. The van der Waals surface area contributed by atoms with Gasteiger partial charge in [-0.2, -0.15) is 0 Å². The third-order valence-electron chi connectivity index (χ3n) is 6.11. The zero-order valence-electron chi connectivity index (χ0n) is 19.2. The van der Waals surface area contributed by atoms with Crippen molar-refractivity contribution in [3.05, 3.63) is 66.0 Å². The number of benzene rings is 2. The summed E-state index contributed by atoms with van der Waals surface area (Å²) in [6.45, 7) is 4.57. The largest absolute Gasteiger partial charge is 0.475 e. The molecule has 3 N–H and O–H groups in total. The number of nitrogens with zero attached hydrogens (tertiary/aromatic N) is 1. The van der Waals surface area contributed by atoms with Crippen molar-refractivity contribution in [2.45, 2.75) is 51.5 Å². The molecule has 3 rings (SSSR count). The Labute approximate surface area is 195 Å². The van der Waals surface area contributed by atoms with E-state index in [2.05, 4.69) is 5.32 Å². The van der Waals surface area contributed by atoms with E-state index in [0.717, 1.165) is 11.3 Å². The molecule has 1 saturated heterocycles. The minimum atomic E-state index is -1.68. The Morgan fingerprint density at radius 1 is 1.12 bits per heavy atom. The van der Waals surface area contributed by atoms with Crippen molar-refractivity contribution in [1.29, 1.82) is 0 Å². The molecule has 0 aromatic heterocycles. The van der Waals surface area contributed by atoms with E-state index < -0.39 is 19.0 Å². The molecule has 1 heterocycles. The van der Waals surface area contributed by atoms with Gasteiger partial charge in [-0.3, -0.25) is 9.59 Å². The summed E-state index contributed by atoms with van der Waals surface area (Å²) in [4.78, 5) is 28.3. The van der Waals surface area contributed by atoms with E-state index in [0.29, 0.717) is 25.8 Å². The van der Waals surface area contributed by atoms with Crippen molar-refractivity contribution < 1.29 is 24.0 Å². The van der Waals surface area contributed by atoms with Crippen molar-refractivity contribution in [2.75, 3.05) is 11.4 Å². The molecule has 0 spiro atoms. The summed E-state index contributed by atoms with van der Waals surface area (Å²) < 4.78 is 13.3. The first-order valence-corrected chi connectivity index (χ1v) is 11.5. The highest BCUT2D eigenvalue weighted by atomic mass is 19.1. The van der Waals surface area contributed by atoms with Crippen molar-refractivity contribution in [1.82, 2.24) is 5.32 Å². The lowest BCUT2D eigenvalue weighted by Crippen LogP contribution is -2.54. The Hall–Kier alpha value is -2.71. The van der Waals surface area contributed by atoms with Crippen LogP contribution in [0.5, 0.6) is 0 Å². The van der Waals surface area contributed by atoms with Crippen LogP contribution in [0.25, 0.3) is 0 Å². The average Bonchev–Trinajstić information content (AvgIpc) is 2.74. The van der Waals surface area contributed by atoms with Gasteiger partial charge in [-0.1, -0.05) is 44.2 Å². The molecule has 1 amide bonds. The lowest BCUT2D eigenvalue weighted by atomic mass is 9.74. The quantitative estimate of drug-likeness (QED) is 0.455. The van der Waals surface area contributed by atoms with Gasteiger partial charge < -0.3 is 20.3 Å². The first kappa shape index (κ1) is 24.9. The van der Waals surface area contributed by atoms with Crippen LogP contribution in [0.4, 0.5) is 10.1 Å². The van der Waals surface area contributed by atoms with Crippen LogP contribution in [0, 0.1) is 17.7 Å². The van der Waals surface area contributed by atoms with Gasteiger partial charge in [0.2, 0.25) is 5.91 Å². The first-order chi connectivity index (χ1) is 15.7. The molecular formula is C25H32BFN2O4. The average molecular weight is 454 g/mol. The monoisotopic (exact) mass is 454 g/mol. The fourth-order valence-corrected chi connectivity index (χ4v) is 4.26. The van der Waals surface area contributed by atoms with Gasteiger partial charge in [0.25, 0.3) is 0 Å². The molecule has 1 aliphatic heterocycles. The van der Waals surface area contributed by atoms with Gasteiger partial charge in [0.1, 0.15) is 5.82 Å². The highest BCUT2D eigenvalue weighted by Gasteiger charge is 2.37. The van der Waals surface area contributed by atoms with Crippen molar-refractivity contribution in [3.8, 4) is 0 Å². The van der Waals surface area contributed by atoms with E-state index in [9.17, 15) is 24.0 Å². The second-order valence-electron chi connectivity index (χ2n) is 9.19. The van der Waals surface area contributed by atoms with Crippen molar-refractivity contribution in [2.24, 2.45) is 11.8 Å². The van der Waals surface area contributed by atoms with Gasteiger partial charge in [0.15, 0.2) is 5.78 Å². The molecule has 0 saturated carbocycles. The van der Waals surface area contributed by atoms with Crippen LogP contribution in [0.15, 0.2) is 54.6 Å². The Bertz CT molecular complexity index is 924. The van der Waals surface area contributed by atoms with Crippen molar-refractivity contribution in [3.63, 3.8) is 0 Å². The molecule has 1 aliphatic rings. The highest BCUT2D eigenvalue weighted by molar-refractivity contribution is 6.43. The molecule has 1 unspecified atom stereocenters. The number of carbonyl (C=O) groups excluding carboxylic acids is 2. The number of halogens is 1. The molecule has 3 atom stereocenters. The fourth-order valence-electron chi connectivity index (χ4n) is 4.26. The Morgan fingerprint density at radius 2 is 1.79 bits per heavy atom. The summed E-state index contributed by atoms with van der Waals surface area (Å²) in [6.07, 6.45) is 1.51. The molecule has 0 aliphatic carbocycles. The summed E-state index contributed by atoms with van der Waals surface area (Å²) >= 11 is 0. The second-order valence-corrected chi connectivity index (χ2v) is 9.19. The lowest BCUT2D eigenvalue weighted by Gasteiger charge is -2.42. The van der Waals surface area contributed by atoms with Crippen LogP contribution in [0.1, 0.15) is 38.7 Å². The van der Waals surface area contributed by atoms with E-state index in [1.807, 2.05) is 49.1 Å². The summed E-state index contributed by atoms with van der Waals surface area (Å²) in [5, 5.41) is 22.2. The molecule has 6 nitrogen and oxygen atoms in total. The summed E-state index contributed by atoms with van der Waals surface area (Å²) in [5.74, 6) is -2.02. The predicted molar refractivity (Wildman–Crippen MR) is 127 cm³/mol. The van der Waals surface area contributed by atoms with E-state index >= 15 is 0 Å². The molecule has 0 bridgehead atoms. The minimum absolute atomic E-state index is 0.0407. The van der Waals surface area contributed by atoms with Gasteiger partial charge in [-0.15, -0.1) is 0 Å². The fraction of sp³-hybridized carbons (Fsp3) is 0.440. The maximum atomic E-state index is 13.3. The van der Waals surface area contributed by atoms with Crippen LogP contribution in [0.3, 0.4) is 0 Å². The van der Waals surface area contributed by atoms with Crippen LogP contribution in [-0.4, -0.2) is 47.4 Å². The number of ketones is 1. The number of rotatable bonds is 11. The first-order valence-electron chi connectivity index (χ1n) is 11.5. The SMILES string of the molecule is CC(C)CC(NC(=O)[C@@H](CC(=O)[C@@H]1CCN1c1ccc(F)cc1)Cc1ccccc1)B(O)O. The van der Waals surface area contributed by atoms with Crippen LogP contribution in [-0.2, 0) is 16.0 Å². The van der Waals surface area contributed by atoms with Gasteiger partial charge in [0, 0.05) is 24.6 Å².